The molecule has 1 aromatic carbocycles. The predicted octanol–water partition coefficient (Wildman–Crippen LogP) is 2.83. The van der Waals surface area contributed by atoms with Crippen LogP contribution in [0, 0.1) is 11.3 Å². The van der Waals surface area contributed by atoms with E-state index in [4.69, 9.17) is 4.74 Å². The quantitative estimate of drug-likeness (QED) is 0.541. The number of hydroxylamine groups is 1. The van der Waals surface area contributed by atoms with Crippen molar-refractivity contribution in [3.8, 4) is 0 Å². The van der Waals surface area contributed by atoms with Crippen LogP contribution < -0.4 is 5.48 Å². The fourth-order valence-corrected chi connectivity index (χ4v) is 4.90. The number of likely N-dealkylation sites (tertiary alicyclic amines) is 1. The zero-order valence-electron chi connectivity index (χ0n) is 18.5. The molecule has 0 bridgehead atoms. The molecule has 0 unspecified atom stereocenters. The fourth-order valence-electron chi connectivity index (χ4n) is 4.90. The third-order valence-electron chi connectivity index (χ3n) is 6.86. The van der Waals surface area contributed by atoms with Gasteiger partial charge in [-0.05, 0) is 48.7 Å². The normalized spacial score (nSPS) is 24.0. The Morgan fingerprint density at radius 1 is 1.22 bits per heavy atom. The van der Waals surface area contributed by atoms with Crippen LogP contribution >= 0.6 is 0 Å². The average molecular weight is 442 g/mol. The lowest BCUT2D eigenvalue weighted by Gasteiger charge is -2.44. The highest BCUT2D eigenvalue weighted by Crippen LogP contribution is 2.55. The molecule has 3 aliphatic rings. The summed E-state index contributed by atoms with van der Waals surface area (Å²) in [5, 5.41) is 9.35. The molecule has 2 N–H and O–H groups in total. The van der Waals surface area contributed by atoms with E-state index in [-0.39, 0.29) is 17.9 Å². The Morgan fingerprint density at radius 2 is 1.97 bits per heavy atom. The van der Waals surface area contributed by atoms with Crippen molar-refractivity contribution in [1.29, 1.82) is 0 Å². The van der Waals surface area contributed by atoms with Crippen molar-refractivity contribution in [3.05, 3.63) is 42.0 Å². The van der Waals surface area contributed by atoms with Crippen molar-refractivity contribution in [1.82, 2.24) is 15.3 Å². The minimum Gasteiger partial charge on any atom is -0.449 e. The van der Waals surface area contributed by atoms with Crippen LogP contribution in [0.2, 0.25) is 0 Å². The monoisotopic (exact) mass is 441 g/mol. The summed E-state index contributed by atoms with van der Waals surface area (Å²) in [6.45, 7) is 3.48. The largest absolute Gasteiger partial charge is 0.449 e. The van der Waals surface area contributed by atoms with E-state index in [9.17, 15) is 19.6 Å². The van der Waals surface area contributed by atoms with Crippen molar-refractivity contribution in [2.75, 3.05) is 26.2 Å². The van der Waals surface area contributed by atoms with Gasteiger partial charge in [0, 0.05) is 19.6 Å². The average Bonchev–Trinajstić information content (AvgIpc) is 3.59. The van der Waals surface area contributed by atoms with Crippen molar-refractivity contribution in [2.45, 2.75) is 45.1 Å². The van der Waals surface area contributed by atoms with Crippen molar-refractivity contribution in [2.24, 2.45) is 11.3 Å². The van der Waals surface area contributed by atoms with Gasteiger partial charge in [-0.15, -0.1) is 0 Å². The molecule has 4 rings (SSSR count). The zero-order valence-corrected chi connectivity index (χ0v) is 18.5. The van der Waals surface area contributed by atoms with Crippen LogP contribution in [0.5, 0.6) is 0 Å². The maximum atomic E-state index is 13.6. The first kappa shape index (κ1) is 22.3. The summed E-state index contributed by atoms with van der Waals surface area (Å²) < 4.78 is 5.37. The smallest absolute Gasteiger partial charge is 0.410 e. The van der Waals surface area contributed by atoms with Crippen molar-refractivity contribution in [3.63, 3.8) is 0 Å². The van der Waals surface area contributed by atoms with Gasteiger partial charge in [0.2, 0.25) is 11.8 Å². The second kappa shape index (κ2) is 9.32. The number of hydrogen-bond acceptors (Lipinski definition) is 5. The molecular formula is C24H31N3O5. The first-order chi connectivity index (χ1) is 15.5. The summed E-state index contributed by atoms with van der Waals surface area (Å²) in [7, 11) is 0. The number of benzene rings is 1. The summed E-state index contributed by atoms with van der Waals surface area (Å²) in [6, 6.07) is 9.06. The van der Waals surface area contributed by atoms with E-state index in [0.717, 1.165) is 18.4 Å². The molecule has 0 aromatic heterocycles. The molecular weight excluding hydrogens is 410 g/mol. The molecule has 8 nitrogen and oxygen atoms in total. The lowest BCUT2D eigenvalue weighted by atomic mass is 9.79. The molecule has 2 aliphatic heterocycles. The van der Waals surface area contributed by atoms with Gasteiger partial charge < -0.3 is 9.64 Å². The van der Waals surface area contributed by atoms with Crippen molar-refractivity contribution < 1.29 is 24.3 Å². The Balaban J connectivity index is 1.56. The van der Waals surface area contributed by atoms with Gasteiger partial charge in [0.15, 0.2) is 0 Å². The summed E-state index contributed by atoms with van der Waals surface area (Å²) in [5.74, 6) is -1.71. The number of nitrogens with zero attached hydrogens (tertiary/aromatic N) is 2. The Morgan fingerprint density at radius 3 is 2.56 bits per heavy atom. The third-order valence-corrected chi connectivity index (χ3v) is 6.86. The van der Waals surface area contributed by atoms with Crippen LogP contribution in [0.4, 0.5) is 4.79 Å². The van der Waals surface area contributed by atoms with E-state index in [0.29, 0.717) is 38.9 Å². The zero-order chi connectivity index (χ0) is 22.7. The Labute approximate surface area is 188 Å². The number of carbonyl (C=O) groups is 3. The number of rotatable bonds is 5. The Kier molecular flexibility index (Phi) is 6.50. The van der Waals surface area contributed by atoms with Crippen LogP contribution in [-0.4, -0.2) is 65.2 Å². The number of piperidine rings is 1. The van der Waals surface area contributed by atoms with Gasteiger partial charge in [-0.25, -0.2) is 10.3 Å². The van der Waals surface area contributed by atoms with E-state index in [1.807, 2.05) is 43.3 Å². The molecule has 2 atom stereocenters. The SMILES string of the molecule is CCCOC(=O)N1CC2(CC2)C[C@H](C(=O)NO)[C@H]1C(=O)N1CC=C(c2ccccc2)CC1. The van der Waals surface area contributed by atoms with E-state index < -0.39 is 24.0 Å². The molecule has 1 spiro atoms. The summed E-state index contributed by atoms with van der Waals surface area (Å²) in [5.41, 5.74) is 3.87. The molecule has 1 aliphatic carbocycles. The first-order valence-electron chi connectivity index (χ1n) is 11.4. The standard InChI is InChI=1S/C24H31N3O5/c1-2-14-32-23(30)27-16-24(10-11-24)15-19(21(28)25-31)20(27)22(29)26-12-8-18(9-13-26)17-6-4-3-5-7-17/h3-8,19-20,31H,2,9-16H2,1H3,(H,25,28)/t19-,20-/m0/s1. The van der Waals surface area contributed by atoms with Gasteiger partial charge in [-0.3, -0.25) is 19.7 Å². The maximum Gasteiger partial charge on any atom is 0.410 e. The highest BCUT2D eigenvalue weighted by Gasteiger charge is 2.57. The summed E-state index contributed by atoms with van der Waals surface area (Å²) >= 11 is 0. The van der Waals surface area contributed by atoms with Gasteiger partial charge in [0.05, 0.1) is 12.5 Å². The van der Waals surface area contributed by atoms with Crippen LogP contribution in [0.15, 0.2) is 36.4 Å². The molecule has 2 fully saturated rings. The molecule has 1 saturated heterocycles. The number of ether oxygens (including phenoxy) is 1. The minimum atomic E-state index is -0.982. The first-order valence-corrected chi connectivity index (χ1v) is 11.4. The van der Waals surface area contributed by atoms with Crippen LogP contribution in [0.25, 0.3) is 5.57 Å². The van der Waals surface area contributed by atoms with Gasteiger partial charge >= 0.3 is 6.09 Å². The number of carbonyl (C=O) groups excluding carboxylic acids is 3. The summed E-state index contributed by atoms with van der Waals surface area (Å²) in [6.07, 6.45) is 5.10. The minimum absolute atomic E-state index is 0.165. The Bertz CT molecular complexity index is 896. The van der Waals surface area contributed by atoms with Gasteiger partial charge in [0.1, 0.15) is 6.04 Å². The molecule has 32 heavy (non-hydrogen) atoms. The van der Waals surface area contributed by atoms with Gasteiger partial charge in [-0.1, -0.05) is 43.3 Å². The van der Waals surface area contributed by atoms with Gasteiger partial charge in [0.25, 0.3) is 0 Å². The lowest BCUT2D eigenvalue weighted by Crippen LogP contribution is -2.62. The predicted molar refractivity (Wildman–Crippen MR) is 117 cm³/mol. The molecule has 1 aromatic rings. The van der Waals surface area contributed by atoms with E-state index in [1.165, 1.54) is 10.5 Å². The fraction of sp³-hybridized carbons (Fsp3) is 0.542. The van der Waals surface area contributed by atoms with Gasteiger partial charge in [-0.2, -0.15) is 0 Å². The van der Waals surface area contributed by atoms with E-state index in [1.54, 1.807) is 10.4 Å². The highest BCUT2D eigenvalue weighted by atomic mass is 16.6. The number of amides is 3. The van der Waals surface area contributed by atoms with E-state index in [2.05, 4.69) is 0 Å². The number of hydrogen-bond donors (Lipinski definition) is 2. The lowest BCUT2D eigenvalue weighted by molar-refractivity contribution is -0.150. The molecule has 172 valence electrons. The molecule has 3 amide bonds. The van der Waals surface area contributed by atoms with Crippen molar-refractivity contribution >= 4 is 23.5 Å². The maximum absolute atomic E-state index is 13.6. The highest BCUT2D eigenvalue weighted by molar-refractivity contribution is 5.93. The summed E-state index contributed by atoms with van der Waals surface area (Å²) in [4.78, 5) is 42.2. The second-order valence-electron chi connectivity index (χ2n) is 9.10. The van der Waals surface area contributed by atoms with Crippen LogP contribution in [-0.2, 0) is 14.3 Å². The van der Waals surface area contributed by atoms with E-state index >= 15 is 0 Å². The molecule has 8 heteroatoms. The number of nitrogens with one attached hydrogen (secondary N) is 1. The molecule has 1 saturated carbocycles. The van der Waals surface area contributed by atoms with Crippen LogP contribution in [0.3, 0.4) is 0 Å². The molecule has 2 heterocycles. The Hall–Kier alpha value is -2.87. The second-order valence-corrected chi connectivity index (χ2v) is 9.10. The molecule has 0 radical (unpaired) electrons. The third kappa shape index (κ3) is 4.50. The van der Waals surface area contributed by atoms with Crippen LogP contribution in [0.1, 0.15) is 44.6 Å². The topological polar surface area (TPSA) is 99.2 Å².